The van der Waals surface area contributed by atoms with Crippen LogP contribution in [0.4, 0.5) is 0 Å². The Morgan fingerprint density at radius 1 is 1.12 bits per heavy atom. The molecule has 140 valence electrons. The van der Waals surface area contributed by atoms with Crippen molar-refractivity contribution in [2.45, 2.75) is 90.4 Å². The lowest BCUT2D eigenvalue weighted by atomic mass is 9.85. The van der Waals surface area contributed by atoms with E-state index in [4.69, 9.17) is 4.74 Å². The summed E-state index contributed by atoms with van der Waals surface area (Å²) in [5.74, 6) is -0.240. The first-order valence-electron chi connectivity index (χ1n) is 9.23. The SMILES string of the molecule is CC1=CCCC(C)(O)C(O)CCC(C)=CC2(C)OC(=O)C(C)=C2CC1. The van der Waals surface area contributed by atoms with E-state index in [0.29, 0.717) is 19.3 Å². The van der Waals surface area contributed by atoms with Crippen LogP contribution in [0.5, 0.6) is 0 Å². The van der Waals surface area contributed by atoms with Crippen LogP contribution in [0.1, 0.15) is 73.1 Å². The van der Waals surface area contributed by atoms with Gasteiger partial charge in [0.1, 0.15) is 5.60 Å². The van der Waals surface area contributed by atoms with Crippen LogP contribution < -0.4 is 0 Å². The van der Waals surface area contributed by atoms with E-state index in [2.05, 4.69) is 13.0 Å². The molecule has 1 heterocycles. The zero-order valence-electron chi connectivity index (χ0n) is 16.2. The molecule has 2 rings (SSSR count). The largest absolute Gasteiger partial charge is 0.447 e. The van der Waals surface area contributed by atoms with E-state index in [9.17, 15) is 15.0 Å². The summed E-state index contributed by atoms with van der Waals surface area (Å²) in [6.07, 6.45) is 7.41. The number of esters is 1. The third kappa shape index (κ3) is 4.62. The number of carbonyl (C=O) groups is 1. The highest BCUT2D eigenvalue weighted by Gasteiger charge is 2.40. The molecule has 2 aliphatic rings. The van der Waals surface area contributed by atoms with Gasteiger partial charge in [0, 0.05) is 5.57 Å². The van der Waals surface area contributed by atoms with E-state index >= 15 is 0 Å². The van der Waals surface area contributed by atoms with E-state index in [1.807, 2.05) is 26.8 Å². The van der Waals surface area contributed by atoms with E-state index in [0.717, 1.165) is 36.0 Å². The van der Waals surface area contributed by atoms with Gasteiger partial charge in [0.2, 0.25) is 0 Å². The molecule has 0 aromatic carbocycles. The van der Waals surface area contributed by atoms with Crippen LogP contribution in [0, 0.1) is 0 Å². The molecule has 3 unspecified atom stereocenters. The fourth-order valence-electron chi connectivity index (χ4n) is 3.80. The fourth-order valence-corrected chi connectivity index (χ4v) is 3.80. The van der Waals surface area contributed by atoms with Gasteiger partial charge in [-0.2, -0.15) is 0 Å². The Bertz CT molecular complexity index is 624. The fraction of sp³-hybridized carbons (Fsp3) is 0.667. The Morgan fingerprint density at radius 2 is 1.80 bits per heavy atom. The summed E-state index contributed by atoms with van der Waals surface area (Å²) in [5, 5.41) is 20.9. The molecular weight excluding hydrogens is 316 g/mol. The quantitative estimate of drug-likeness (QED) is 0.513. The number of aliphatic hydroxyl groups excluding tert-OH is 1. The summed E-state index contributed by atoms with van der Waals surface area (Å²) >= 11 is 0. The molecule has 25 heavy (non-hydrogen) atoms. The average molecular weight is 348 g/mol. The molecule has 0 bridgehead atoms. The van der Waals surface area contributed by atoms with Crippen molar-refractivity contribution < 1.29 is 19.7 Å². The Hall–Kier alpha value is -1.39. The normalized spacial score (nSPS) is 35.5. The maximum absolute atomic E-state index is 12.1. The molecular formula is C21H32O4. The molecule has 0 saturated carbocycles. The lowest BCUT2D eigenvalue weighted by Crippen LogP contribution is -2.39. The van der Waals surface area contributed by atoms with Gasteiger partial charge in [-0.25, -0.2) is 4.79 Å². The van der Waals surface area contributed by atoms with E-state index < -0.39 is 17.3 Å². The average Bonchev–Trinajstić information content (AvgIpc) is 2.71. The second-order valence-corrected chi connectivity index (χ2v) is 8.09. The van der Waals surface area contributed by atoms with Crippen LogP contribution in [-0.2, 0) is 9.53 Å². The number of allylic oxidation sites excluding steroid dienone is 3. The second kappa shape index (κ2) is 7.46. The highest BCUT2D eigenvalue weighted by molar-refractivity contribution is 5.92. The standard InChI is InChI=1S/C21H32O4/c1-14-7-6-12-20(4,24)18(22)11-9-15(2)13-21(5)17(10-8-14)16(3)19(23)25-21/h7,13,18,22,24H,6,8-12H2,1-5H3. The molecule has 0 amide bonds. The molecule has 3 atom stereocenters. The van der Waals surface area contributed by atoms with Crippen LogP contribution in [-0.4, -0.2) is 33.5 Å². The van der Waals surface area contributed by atoms with Crippen molar-refractivity contribution in [3.8, 4) is 0 Å². The van der Waals surface area contributed by atoms with Crippen molar-refractivity contribution in [2.24, 2.45) is 0 Å². The van der Waals surface area contributed by atoms with Gasteiger partial charge in [0.15, 0.2) is 0 Å². The van der Waals surface area contributed by atoms with Gasteiger partial charge in [-0.05, 0) is 84.8 Å². The van der Waals surface area contributed by atoms with Crippen LogP contribution in [0.2, 0.25) is 0 Å². The van der Waals surface area contributed by atoms with E-state index in [1.54, 1.807) is 6.92 Å². The number of ether oxygens (including phenoxy) is 1. The van der Waals surface area contributed by atoms with Gasteiger partial charge < -0.3 is 14.9 Å². The van der Waals surface area contributed by atoms with Gasteiger partial charge in [-0.1, -0.05) is 17.2 Å². The van der Waals surface area contributed by atoms with Crippen LogP contribution in [0.25, 0.3) is 0 Å². The number of aliphatic hydroxyl groups is 2. The van der Waals surface area contributed by atoms with Crippen molar-refractivity contribution in [1.29, 1.82) is 0 Å². The molecule has 0 spiro atoms. The van der Waals surface area contributed by atoms with Crippen LogP contribution in [0.3, 0.4) is 0 Å². The summed E-state index contributed by atoms with van der Waals surface area (Å²) in [6, 6.07) is 0. The Balaban J connectivity index is 2.34. The molecule has 0 aromatic heterocycles. The number of hydrogen-bond acceptors (Lipinski definition) is 4. The van der Waals surface area contributed by atoms with Crippen LogP contribution in [0.15, 0.2) is 34.4 Å². The monoisotopic (exact) mass is 348 g/mol. The predicted molar refractivity (Wildman–Crippen MR) is 99.0 cm³/mol. The first-order valence-corrected chi connectivity index (χ1v) is 9.23. The topological polar surface area (TPSA) is 66.8 Å². The summed E-state index contributed by atoms with van der Waals surface area (Å²) < 4.78 is 5.68. The maximum Gasteiger partial charge on any atom is 0.335 e. The summed E-state index contributed by atoms with van der Waals surface area (Å²) in [4.78, 5) is 12.1. The lowest BCUT2D eigenvalue weighted by molar-refractivity contribution is -0.142. The third-order valence-corrected chi connectivity index (χ3v) is 5.63. The highest BCUT2D eigenvalue weighted by Crippen LogP contribution is 2.38. The Labute approximate surface area is 151 Å². The summed E-state index contributed by atoms with van der Waals surface area (Å²) in [7, 11) is 0. The third-order valence-electron chi connectivity index (χ3n) is 5.63. The van der Waals surface area contributed by atoms with E-state index in [-0.39, 0.29) is 5.97 Å². The van der Waals surface area contributed by atoms with Gasteiger partial charge in [-0.15, -0.1) is 0 Å². The Morgan fingerprint density at radius 3 is 2.48 bits per heavy atom. The van der Waals surface area contributed by atoms with Gasteiger partial charge in [0.25, 0.3) is 0 Å². The number of hydrogen-bond donors (Lipinski definition) is 2. The number of rotatable bonds is 0. The number of fused-ring (bicyclic) bond motifs is 1. The first kappa shape index (κ1) is 19.9. The minimum Gasteiger partial charge on any atom is -0.447 e. The summed E-state index contributed by atoms with van der Waals surface area (Å²) in [5.41, 5.74) is 2.26. The molecule has 0 radical (unpaired) electrons. The van der Waals surface area contributed by atoms with Crippen molar-refractivity contribution in [3.05, 3.63) is 34.4 Å². The zero-order valence-corrected chi connectivity index (χ0v) is 16.2. The molecule has 1 aliphatic heterocycles. The molecule has 4 nitrogen and oxygen atoms in total. The highest BCUT2D eigenvalue weighted by atomic mass is 16.6. The lowest BCUT2D eigenvalue weighted by Gasteiger charge is -2.30. The van der Waals surface area contributed by atoms with Crippen molar-refractivity contribution in [2.75, 3.05) is 0 Å². The molecule has 4 heteroatoms. The number of carbonyl (C=O) groups excluding carboxylic acids is 1. The minimum atomic E-state index is -1.09. The van der Waals surface area contributed by atoms with Crippen LogP contribution >= 0.6 is 0 Å². The first-order chi connectivity index (χ1) is 11.5. The van der Waals surface area contributed by atoms with Crippen molar-refractivity contribution in [1.82, 2.24) is 0 Å². The van der Waals surface area contributed by atoms with Gasteiger partial charge in [0.05, 0.1) is 11.7 Å². The van der Waals surface area contributed by atoms with Crippen molar-refractivity contribution in [3.63, 3.8) is 0 Å². The van der Waals surface area contributed by atoms with E-state index in [1.165, 1.54) is 5.57 Å². The molecule has 1 aliphatic carbocycles. The zero-order chi connectivity index (χ0) is 18.8. The molecule has 2 N–H and O–H groups in total. The molecule has 0 saturated heterocycles. The minimum absolute atomic E-state index is 0.240. The molecule has 0 aromatic rings. The second-order valence-electron chi connectivity index (χ2n) is 8.09. The van der Waals surface area contributed by atoms with Gasteiger partial charge >= 0.3 is 5.97 Å². The molecule has 0 fully saturated rings. The Kier molecular flexibility index (Phi) is 5.95. The predicted octanol–water partition coefficient (Wildman–Crippen LogP) is 3.98. The van der Waals surface area contributed by atoms with Gasteiger partial charge in [-0.3, -0.25) is 0 Å². The smallest absolute Gasteiger partial charge is 0.335 e. The summed E-state index contributed by atoms with van der Waals surface area (Å²) in [6.45, 7) is 9.55. The maximum atomic E-state index is 12.1. The van der Waals surface area contributed by atoms with Crippen molar-refractivity contribution >= 4 is 5.97 Å².